The van der Waals surface area contributed by atoms with Gasteiger partial charge in [0.15, 0.2) is 0 Å². The molecule has 1 atom stereocenters. The highest BCUT2D eigenvalue weighted by molar-refractivity contribution is 7.81. The predicted octanol–water partition coefficient (Wildman–Crippen LogP) is 4.17. The van der Waals surface area contributed by atoms with Crippen molar-refractivity contribution in [2.24, 2.45) is 0 Å². The Labute approximate surface area is 207 Å². The molecule has 1 rings (SSSR count). The molecule has 0 amide bonds. The minimum absolute atomic E-state index is 0.155. The van der Waals surface area contributed by atoms with E-state index in [-0.39, 0.29) is 5.97 Å². The zero-order valence-electron chi connectivity index (χ0n) is 20.5. The molecule has 8 heteroatoms. The van der Waals surface area contributed by atoms with Crippen LogP contribution in [0.25, 0.3) is 0 Å². The van der Waals surface area contributed by atoms with E-state index in [2.05, 4.69) is 39.4 Å². The number of quaternary nitrogens is 1. The van der Waals surface area contributed by atoms with Gasteiger partial charge in [0.1, 0.15) is 13.2 Å². The van der Waals surface area contributed by atoms with Gasteiger partial charge in [0.25, 0.3) is 0 Å². The second-order valence-corrected chi connectivity index (χ2v) is 10.4. The smallest absolute Gasteiger partial charge is 0.305 e. The Morgan fingerprint density at radius 2 is 1.47 bits per heavy atom. The van der Waals surface area contributed by atoms with Gasteiger partial charge in [-0.05, 0) is 50.7 Å². The van der Waals surface area contributed by atoms with Crippen molar-refractivity contribution in [1.82, 2.24) is 0 Å². The topological polar surface area (TPSA) is 54.0 Å². The Hall–Kier alpha value is 0.0100. The number of nitrogens with zero attached hydrogens (tertiary/aromatic N) is 1. The van der Waals surface area contributed by atoms with Crippen LogP contribution in [-0.4, -0.2) is 94.4 Å². The summed E-state index contributed by atoms with van der Waals surface area (Å²) in [7, 11) is 4.66. The Bertz CT molecular complexity index is 462. The lowest BCUT2D eigenvalue weighted by Gasteiger charge is -2.40. The third-order valence-electron chi connectivity index (χ3n) is 6.24. The first-order chi connectivity index (χ1) is 15.5. The molecule has 1 aliphatic rings. The summed E-state index contributed by atoms with van der Waals surface area (Å²) in [5.41, 5.74) is 0. The van der Waals surface area contributed by atoms with Crippen LogP contribution >= 0.6 is 25.3 Å². The molecule has 0 N–H and O–H groups in total. The van der Waals surface area contributed by atoms with Crippen molar-refractivity contribution in [3.63, 3.8) is 0 Å². The van der Waals surface area contributed by atoms with E-state index in [1.165, 1.54) is 32.1 Å². The zero-order valence-corrected chi connectivity index (χ0v) is 22.3. The molecule has 0 radical (unpaired) electrons. The normalized spacial score (nSPS) is 16.2. The van der Waals surface area contributed by atoms with Gasteiger partial charge in [-0.2, -0.15) is 25.3 Å². The van der Waals surface area contributed by atoms with Crippen molar-refractivity contribution in [2.75, 3.05) is 72.6 Å². The summed E-state index contributed by atoms with van der Waals surface area (Å²) in [6.07, 6.45) is 11.2. The molecule has 6 nitrogen and oxygen atoms in total. The minimum Gasteiger partial charge on any atom is -0.463 e. The summed E-state index contributed by atoms with van der Waals surface area (Å²) < 4.78 is 23.0. The van der Waals surface area contributed by atoms with Gasteiger partial charge in [-0.25, -0.2) is 0 Å². The number of hydrogen-bond donors (Lipinski definition) is 2. The molecule has 1 aliphatic carbocycles. The van der Waals surface area contributed by atoms with E-state index >= 15 is 0 Å². The number of thiol groups is 2. The molecule has 0 aromatic rings. The Balaban J connectivity index is 1.82. The molecule has 0 spiro atoms. The van der Waals surface area contributed by atoms with Crippen molar-refractivity contribution >= 4 is 31.2 Å². The molecule has 32 heavy (non-hydrogen) atoms. The molecular weight excluding hydrogens is 446 g/mol. The van der Waals surface area contributed by atoms with Crippen LogP contribution in [-0.2, 0) is 23.7 Å². The minimum atomic E-state index is -0.155. The van der Waals surface area contributed by atoms with Crippen molar-refractivity contribution in [3.05, 3.63) is 0 Å². The molecular formula is C24H48NO5S2+. The highest BCUT2D eigenvalue weighted by atomic mass is 32.1. The zero-order chi connectivity index (χ0) is 23.5. The molecule has 190 valence electrons. The van der Waals surface area contributed by atoms with Crippen LogP contribution in [0.5, 0.6) is 0 Å². The fraction of sp³-hybridized carbons (Fsp3) is 0.958. The van der Waals surface area contributed by atoms with Gasteiger partial charge in [-0.15, -0.1) is 0 Å². The van der Waals surface area contributed by atoms with E-state index in [1.54, 1.807) is 0 Å². The summed E-state index contributed by atoms with van der Waals surface area (Å²) in [4.78, 5) is 11.7. The maximum atomic E-state index is 11.7. The summed E-state index contributed by atoms with van der Waals surface area (Å²) in [6.45, 7) is 4.75. The Kier molecular flexibility index (Phi) is 18.1. The summed E-state index contributed by atoms with van der Waals surface area (Å²) in [5, 5.41) is 0.378. The Morgan fingerprint density at radius 3 is 2.09 bits per heavy atom. The molecule has 0 aromatic carbocycles. The second-order valence-electron chi connectivity index (χ2n) is 9.26. The van der Waals surface area contributed by atoms with Crippen LogP contribution in [0.3, 0.4) is 0 Å². The monoisotopic (exact) mass is 494 g/mol. The fourth-order valence-corrected chi connectivity index (χ4v) is 4.86. The fourth-order valence-electron chi connectivity index (χ4n) is 4.03. The van der Waals surface area contributed by atoms with Crippen LogP contribution in [0, 0.1) is 0 Å². The summed E-state index contributed by atoms with van der Waals surface area (Å²) in [6, 6.07) is 0.786. The van der Waals surface area contributed by atoms with Crippen LogP contribution in [0.1, 0.15) is 64.2 Å². The highest BCUT2D eigenvalue weighted by Gasteiger charge is 2.29. The van der Waals surface area contributed by atoms with Crippen molar-refractivity contribution < 1.29 is 28.2 Å². The van der Waals surface area contributed by atoms with Gasteiger partial charge in [-0.1, -0.05) is 12.8 Å². The molecule has 1 fully saturated rings. The molecule has 0 heterocycles. The number of rotatable bonds is 20. The number of likely N-dealkylation sites (N-methyl/N-ethyl adjacent to an activating group) is 1. The van der Waals surface area contributed by atoms with E-state index in [9.17, 15) is 4.79 Å². The largest absolute Gasteiger partial charge is 0.463 e. The summed E-state index contributed by atoms with van der Waals surface area (Å²) in [5.74, 6) is 0.699. The first-order valence-electron chi connectivity index (χ1n) is 12.5. The lowest BCUT2D eigenvalue weighted by atomic mass is 9.93. The number of unbranched alkanes of at least 4 members (excludes halogenated alkanes) is 1. The van der Waals surface area contributed by atoms with E-state index < -0.39 is 0 Å². The first kappa shape index (κ1) is 30.0. The van der Waals surface area contributed by atoms with Gasteiger partial charge in [0.05, 0.1) is 59.8 Å². The molecule has 0 saturated heterocycles. The third kappa shape index (κ3) is 15.8. The molecule has 0 aliphatic heterocycles. The van der Waals surface area contributed by atoms with Crippen molar-refractivity contribution in [3.8, 4) is 0 Å². The van der Waals surface area contributed by atoms with Crippen molar-refractivity contribution in [2.45, 2.75) is 75.5 Å². The Morgan fingerprint density at radius 1 is 0.875 bits per heavy atom. The average Bonchev–Trinajstić information content (AvgIpc) is 2.78. The van der Waals surface area contributed by atoms with Crippen LogP contribution in [0.15, 0.2) is 0 Å². The second kappa shape index (κ2) is 19.3. The van der Waals surface area contributed by atoms with Crippen LogP contribution in [0.4, 0.5) is 0 Å². The number of carbonyl (C=O) groups is 1. The predicted molar refractivity (Wildman–Crippen MR) is 137 cm³/mol. The molecule has 1 saturated carbocycles. The maximum Gasteiger partial charge on any atom is 0.305 e. The lowest BCUT2D eigenvalue weighted by molar-refractivity contribution is -0.916. The van der Waals surface area contributed by atoms with E-state index in [0.717, 1.165) is 55.1 Å². The first-order valence-corrected chi connectivity index (χ1v) is 13.6. The van der Waals surface area contributed by atoms with Gasteiger partial charge >= 0.3 is 5.97 Å². The van der Waals surface area contributed by atoms with Gasteiger partial charge < -0.3 is 23.4 Å². The quantitative estimate of drug-likeness (QED) is 0.115. The third-order valence-corrected chi connectivity index (χ3v) is 7.02. The summed E-state index contributed by atoms with van der Waals surface area (Å²) >= 11 is 8.69. The molecule has 0 aromatic heterocycles. The van der Waals surface area contributed by atoms with Gasteiger partial charge in [0.2, 0.25) is 0 Å². The van der Waals surface area contributed by atoms with E-state index in [0.29, 0.717) is 51.3 Å². The number of ether oxygens (including phenoxy) is 4. The van der Waals surface area contributed by atoms with E-state index in [4.69, 9.17) is 18.9 Å². The SMILES string of the molecule is C[N+](C)(CCOCCOCCOCCOC(=O)CCCCC(S)CCS)C1CCCCC1. The number of carbonyl (C=O) groups excluding carboxylic acids is 1. The highest BCUT2D eigenvalue weighted by Crippen LogP contribution is 2.25. The van der Waals surface area contributed by atoms with Gasteiger partial charge in [-0.3, -0.25) is 4.79 Å². The van der Waals surface area contributed by atoms with Crippen molar-refractivity contribution in [1.29, 1.82) is 0 Å². The molecule has 0 bridgehead atoms. The number of esters is 1. The standard InChI is InChI=1S/C24H47NO5S2/c1-25(2,22-8-4-3-5-9-22)13-14-27-15-16-28-17-18-29-19-20-30-24(26)11-7-6-10-23(32)12-21-31/h22-23H,3-21H2,1-2H3,(H-,31,32)/p+1. The lowest BCUT2D eigenvalue weighted by Crippen LogP contribution is -2.51. The van der Waals surface area contributed by atoms with Crippen LogP contribution in [0.2, 0.25) is 0 Å². The maximum absolute atomic E-state index is 11.7. The van der Waals surface area contributed by atoms with Crippen LogP contribution < -0.4 is 0 Å². The number of hydrogen-bond acceptors (Lipinski definition) is 7. The van der Waals surface area contributed by atoms with E-state index in [1.807, 2.05) is 0 Å². The average molecular weight is 495 g/mol. The van der Waals surface area contributed by atoms with Gasteiger partial charge in [0, 0.05) is 11.7 Å². The molecule has 1 unspecified atom stereocenters.